The number of aryl methyl sites for hydroxylation is 4. The Labute approximate surface area is 144 Å². The van der Waals surface area contributed by atoms with E-state index >= 15 is 0 Å². The monoisotopic (exact) mass is 392 g/mol. The molecular weight excluding hydrogens is 376 g/mol. The zero-order valence-corrected chi connectivity index (χ0v) is 15.8. The van der Waals surface area contributed by atoms with Crippen LogP contribution in [0.2, 0.25) is 0 Å². The minimum atomic E-state index is -3.70. The van der Waals surface area contributed by atoms with Crippen molar-refractivity contribution in [2.75, 3.05) is 0 Å². The normalized spacial score (nSPS) is 12.0. The fourth-order valence-electron chi connectivity index (χ4n) is 2.63. The summed E-state index contributed by atoms with van der Waals surface area (Å²) < 4.78 is 28.2. The molecule has 0 bridgehead atoms. The molecule has 0 fully saturated rings. The van der Waals surface area contributed by atoms with Crippen molar-refractivity contribution in [3.05, 3.63) is 57.3 Å². The first-order valence-electron chi connectivity index (χ1n) is 7.18. The number of benzene rings is 2. The van der Waals surface area contributed by atoms with E-state index in [0.717, 1.165) is 26.7 Å². The zero-order chi connectivity index (χ0) is 16.9. The average molecular weight is 393 g/mol. The van der Waals surface area contributed by atoms with Crippen LogP contribution in [0.3, 0.4) is 0 Å². The Morgan fingerprint density at radius 1 is 0.913 bits per heavy atom. The van der Waals surface area contributed by atoms with Gasteiger partial charge in [-0.3, -0.25) is 0 Å². The molecule has 23 heavy (non-hydrogen) atoms. The summed E-state index contributed by atoms with van der Waals surface area (Å²) in [7, 11) is -3.70. The molecule has 0 N–H and O–H groups in total. The molecule has 1 heterocycles. The first kappa shape index (κ1) is 16.2. The topological polar surface area (TPSA) is 52.0 Å². The Morgan fingerprint density at radius 2 is 1.57 bits per heavy atom. The predicted octanol–water partition coefficient (Wildman–Crippen LogP) is 4.27. The van der Waals surface area contributed by atoms with Gasteiger partial charge in [-0.1, -0.05) is 22.0 Å². The molecule has 0 amide bonds. The summed E-state index contributed by atoms with van der Waals surface area (Å²) in [4.78, 5) is 4.54. The molecule has 0 saturated carbocycles. The molecule has 3 rings (SSSR count). The van der Waals surface area contributed by atoms with E-state index in [0.29, 0.717) is 11.0 Å². The molecule has 0 spiro atoms. The Hall–Kier alpha value is -1.66. The molecule has 0 saturated heterocycles. The van der Waals surface area contributed by atoms with E-state index in [1.807, 2.05) is 39.0 Å². The van der Waals surface area contributed by atoms with Crippen LogP contribution in [0.15, 0.2) is 40.0 Å². The van der Waals surface area contributed by atoms with Crippen LogP contribution < -0.4 is 0 Å². The van der Waals surface area contributed by atoms with E-state index in [9.17, 15) is 8.42 Å². The van der Waals surface area contributed by atoms with Gasteiger partial charge in [0.2, 0.25) is 0 Å². The molecule has 0 aliphatic rings. The van der Waals surface area contributed by atoms with Crippen LogP contribution in [0.25, 0.3) is 11.0 Å². The third kappa shape index (κ3) is 2.60. The van der Waals surface area contributed by atoms with Crippen LogP contribution in [0.4, 0.5) is 0 Å². The highest BCUT2D eigenvalue weighted by Crippen LogP contribution is 2.28. The van der Waals surface area contributed by atoms with Crippen molar-refractivity contribution >= 4 is 37.0 Å². The molecule has 4 nitrogen and oxygen atoms in total. The highest BCUT2D eigenvalue weighted by Gasteiger charge is 2.23. The van der Waals surface area contributed by atoms with Crippen molar-refractivity contribution in [3.63, 3.8) is 0 Å². The number of halogens is 1. The Morgan fingerprint density at radius 3 is 2.26 bits per heavy atom. The minimum absolute atomic E-state index is 0.285. The Balaban J connectivity index is 2.29. The highest BCUT2D eigenvalue weighted by atomic mass is 79.9. The lowest BCUT2D eigenvalue weighted by molar-refractivity contribution is 0.588. The van der Waals surface area contributed by atoms with E-state index in [2.05, 4.69) is 20.9 Å². The Bertz CT molecular complexity index is 1040. The summed E-state index contributed by atoms with van der Waals surface area (Å²) in [6, 6.07) is 7.31. The van der Waals surface area contributed by atoms with Crippen molar-refractivity contribution in [1.29, 1.82) is 0 Å². The fraction of sp³-hybridized carbons (Fsp3) is 0.235. The van der Waals surface area contributed by atoms with E-state index in [-0.39, 0.29) is 4.90 Å². The molecule has 0 unspecified atom stereocenters. The number of hydrogen-bond acceptors (Lipinski definition) is 3. The van der Waals surface area contributed by atoms with Crippen LogP contribution >= 0.6 is 15.9 Å². The van der Waals surface area contributed by atoms with Gasteiger partial charge in [-0.15, -0.1) is 0 Å². The second-order valence-corrected chi connectivity index (χ2v) is 8.48. The highest BCUT2D eigenvalue weighted by molar-refractivity contribution is 9.10. The van der Waals surface area contributed by atoms with Crippen molar-refractivity contribution < 1.29 is 8.42 Å². The maximum absolute atomic E-state index is 13.1. The molecule has 0 aliphatic carbocycles. The summed E-state index contributed by atoms with van der Waals surface area (Å²) >= 11 is 3.42. The van der Waals surface area contributed by atoms with Gasteiger partial charge in [-0.05, 0) is 68.1 Å². The van der Waals surface area contributed by atoms with Crippen LogP contribution in [0, 0.1) is 27.7 Å². The molecule has 0 aliphatic heterocycles. The summed E-state index contributed by atoms with van der Waals surface area (Å²) in [5, 5.41) is 0. The minimum Gasteiger partial charge on any atom is -0.236 e. The van der Waals surface area contributed by atoms with Gasteiger partial charge in [-0.2, -0.15) is 0 Å². The van der Waals surface area contributed by atoms with Gasteiger partial charge in [0.25, 0.3) is 10.0 Å². The van der Waals surface area contributed by atoms with E-state index in [1.165, 1.54) is 10.3 Å². The van der Waals surface area contributed by atoms with E-state index in [4.69, 9.17) is 0 Å². The molecule has 2 aromatic carbocycles. The standard InChI is InChI=1S/C17H17BrN2O2S/c1-10-6-15-16(7-11(10)2)20(9-19-15)23(21,22)17-8-14(18)12(3)5-13(17)4/h5-9H,1-4H3. The second-order valence-electron chi connectivity index (χ2n) is 5.84. The number of imidazole rings is 1. The first-order chi connectivity index (χ1) is 10.7. The van der Waals surface area contributed by atoms with Gasteiger partial charge in [0.1, 0.15) is 6.33 Å². The van der Waals surface area contributed by atoms with Crippen molar-refractivity contribution in [2.24, 2.45) is 0 Å². The summed E-state index contributed by atoms with van der Waals surface area (Å²) in [5.74, 6) is 0. The number of hydrogen-bond donors (Lipinski definition) is 0. The molecule has 3 aromatic rings. The summed E-state index contributed by atoms with van der Waals surface area (Å²) in [5.41, 5.74) is 5.13. The first-order valence-corrected chi connectivity index (χ1v) is 9.42. The van der Waals surface area contributed by atoms with Crippen LogP contribution in [-0.4, -0.2) is 17.4 Å². The zero-order valence-electron chi connectivity index (χ0n) is 13.4. The van der Waals surface area contributed by atoms with Gasteiger partial charge >= 0.3 is 0 Å². The van der Waals surface area contributed by atoms with Crippen LogP contribution in [0.1, 0.15) is 22.3 Å². The summed E-state index contributed by atoms with van der Waals surface area (Å²) in [6.45, 7) is 7.70. The van der Waals surface area contributed by atoms with Crippen molar-refractivity contribution in [1.82, 2.24) is 8.96 Å². The molecule has 1 aromatic heterocycles. The third-order valence-electron chi connectivity index (χ3n) is 4.12. The maximum atomic E-state index is 13.1. The number of aromatic nitrogens is 2. The summed E-state index contributed by atoms with van der Waals surface area (Å²) in [6.07, 6.45) is 1.38. The number of rotatable bonds is 2. The van der Waals surface area contributed by atoms with Gasteiger partial charge in [-0.25, -0.2) is 17.4 Å². The Kier molecular flexibility index (Phi) is 3.84. The lowest BCUT2D eigenvalue weighted by atomic mass is 10.1. The third-order valence-corrected chi connectivity index (χ3v) is 6.78. The van der Waals surface area contributed by atoms with Gasteiger partial charge in [0.05, 0.1) is 15.9 Å². The lowest BCUT2D eigenvalue weighted by Crippen LogP contribution is -2.13. The van der Waals surface area contributed by atoms with Crippen LogP contribution in [0.5, 0.6) is 0 Å². The molecule has 120 valence electrons. The predicted molar refractivity (Wildman–Crippen MR) is 95.4 cm³/mol. The number of fused-ring (bicyclic) bond motifs is 1. The van der Waals surface area contributed by atoms with Gasteiger partial charge in [0.15, 0.2) is 0 Å². The lowest BCUT2D eigenvalue weighted by Gasteiger charge is -2.12. The van der Waals surface area contributed by atoms with E-state index in [1.54, 1.807) is 13.0 Å². The maximum Gasteiger partial charge on any atom is 0.269 e. The average Bonchev–Trinajstić information content (AvgIpc) is 2.86. The molecule has 6 heteroatoms. The number of nitrogens with zero attached hydrogens (tertiary/aromatic N) is 2. The molecule has 0 radical (unpaired) electrons. The van der Waals surface area contributed by atoms with Crippen molar-refractivity contribution in [2.45, 2.75) is 32.6 Å². The second kappa shape index (κ2) is 5.46. The van der Waals surface area contributed by atoms with Gasteiger partial charge in [0, 0.05) is 4.47 Å². The fourth-order valence-corrected chi connectivity index (χ4v) is 4.64. The van der Waals surface area contributed by atoms with Gasteiger partial charge < -0.3 is 0 Å². The SMILES string of the molecule is Cc1cc2ncn(S(=O)(=O)c3cc(Br)c(C)cc3C)c2cc1C. The van der Waals surface area contributed by atoms with Crippen molar-refractivity contribution in [3.8, 4) is 0 Å². The smallest absolute Gasteiger partial charge is 0.236 e. The molecular formula is C17H17BrN2O2S. The van der Waals surface area contributed by atoms with E-state index < -0.39 is 10.0 Å². The quantitative estimate of drug-likeness (QED) is 0.654. The largest absolute Gasteiger partial charge is 0.269 e. The molecule has 0 atom stereocenters. The van der Waals surface area contributed by atoms with Crippen LogP contribution in [-0.2, 0) is 10.0 Å².